The van der Waals surface area contributed by atoms with E-state index >= 15 is 0 Å². The van der Waals surface area contributed by atoms with Crippen LogP contribution < -0.4 is 14.8 Å². The largest absolute Gasteiger partial charge is 0.486 e. The number of fused-ring (bicyclic) bond motifs is 2. The number of rotatable bonds is 7. The minimum atomic E-state index is -0.119. The van der Waals surface area contributed by atoms with Gasteiger partial charge in [0.2, 0.25) is 0 Å². The van der Waals surface area contributed by atoms with E-state index in [9.17, 15) is 4.79 Å². The van der Waals surface area contributed by atoms with E-state index in [1.807, 2.05) is 71.5 Å². The molecule has 5 rings (SSSR count). The number of carbonyl (C=O) groups excluding carboxylic acids is 1. The Balaban J connectivity index is 1.18. The molecule has 0 fully saturated rings. The zero-order valence-electron chi connectivity index (χ0n) is 17.7. The SMILES string of the molecule is O=C(NCCCc1ccccc1)c1ccc2nn(CC3COc4ccccc4O3)cc2c1. The summed E-state index contributed by atoms with van der Waals surface area (Å²) in [7, 11) is 0. The van der Waals surface area contributed by atoms with Crippen molar-refractivity contribution in [3.05, 3.63) is 90.1 Å². The number of ether oxygens (including phenoxy) is 2. The molecular formula is C26H25N3O3. The van der Waals surface area contributed by atoms with Gasteiger partial charge in [0.25, 0.3) is 5.91 Å². The van der Waals surface area contributed by atoms with E-state index in [0.29, 0.717) is 25.3 Å². The lowest BCUT2D eigenvalue weighted by Gasteiger charge is -2.26. The molecular weight excluding hydrogens is 402 g/mol. The van der Waals surface area contributed by atoms with Crippen molar-refractivity contribution < 1.29 is 14.3 Å². The van der Waals surface area contributed by atoms with Crippen molar-refractivity contribution in [3.8, 4) is 11.5 Å². The molecule has 0 saturated heterocycles. The predicted octanol–water partition coefficient (Wildman–Crippen LogP) is 4.24. The fraction of sp³-hybridized carbons (Fsp3) is 0.231. The Morgan fingerprint density at radius 2 is 1.84 bits per heavy atom. The zero-order chi connectivity index (χ0) is 21.8. The molecule has 1 unspecified atom stereocenters. The molecule has 0 radical (unpaired) electrons. The van der Waals surface area contributed by atoms with E-state index in [-0.39, 0.29) is 12.0 Å². The summed E-state index contributed by atoms with van der Waals surface area (Å²) in [5.74, 6) is 1.47. The normalized spacial score (nSPS) is 14.9. The van der Waals surface area contributed by atoms with E-state index in [0.717, 1.165) is 35.2 Å². The van der Waals surface area contributed by atoms with Gasteiger partial charge in [0.1, 0.15) is 6.61 Å². The van der Waals surface area contributed by atoms with Gasteiger partial charge in [-0.1, -0.05) is 42.5 Å². The summed E-state index contributed by atoms with van der Waals surface area (Å²) < 4.78 is 13.7. The van der Waals surface area contributed by atoms with Crippen LogP contribution in [0.15, 0.2) is 79.0 Å². The summed E-state index contributed by atoms with van der Waals surface area (Å²) >= 11 is 0. The van der Waals surface area contributed by atoms with Gasteiger partial charge in [-0.15, -0.1) is 0 Å². The molecule has 1 amide bonds. The smallest absolute Gasteiger partial charge is 0.251 e. The lowest BCUT2D eigenvalue weighted by Crippen LogP contribution is -2.33. The molecule has 162 valence electrons. The van der Waals surface area contributed by atoms with Crippen LogP contribution in [0.1, 0.15) is 22.3 Å². The summed E-state index contributed by atoms with van der Waals surface area (Å²) in [6, 6.07) is 23.6. The summed E-state index contributed by atoms with van der Waals surface area (Å²) in [5, 5.41) is 8.56. The molecule has 0 bridgehead atoms. The second kappa shape index (κ2) is 9.14. The molecule has 4 aromatic rings. The summed E-state index contributed by atoms with van der Waals surface area (Å²) in [6.07, 6.45) is 3.68. The predicted molar refractivity (Wildman–Crippen MR) is 123 cm³/mol. The minimum Gasteiger partial charge on any atom is -0.486 e. The number of hydrogen-bond donors (Lipinski definition) is 1. The third-order valence-corrected chi connectivity index (χ3v) is 5.54. The number of nitrogens with zero attached hydrogens (tertiary/aromatic N) is 2. The van der Waals surface area contributed by atoms with Crippen LogP contribution in [-0.4, -0.2) is 34.9 Å². The molecule has 1 aliphatic heterocycles. The van der Waals surface area contributed by atoms with Crippen LogP contribution >= 0.6 is 0 Å². The number of amides is 1. The Kier molecular flexibility index (Phi) is 5.75. The number of aromatic nitrogens is 2. The highest BCUT2D eigenvalue weighted by Gasteiger charge is 2.21. The summed E-state index contributed by atoms with van der Waals surface area (Å²) in [6.45, 7) is 1.69. The number of para-hydroxylation sites is 2. The monoisotopic (exact) mass is 427 g/mol. The van der Waals surface area contributed by atoms with Gasteiger partial charge in [0.15, 0.2) is 17.6 Å². The quantitative estimate of drug-likeness (QED) is 0.448. The molecule has 0 aliphatic carbocycles. The Morgan fingerprint density at radius 3 is 2.72 bits per heavy atom. The third kappa shape index (κ3) is 4.59. The third-order valence-electron chi connectivity index (χ3n) is 5.54. The Morgan fingerprint density at radius 1 is 1.03 bits per heavy atom. The highest BCUT2D eigenvalue weighted by molar-refractivity contribution is 5.97. The van der Waals surface area contributed by atoms with Gasteiger partial charge < -0.3 is 14.8 Å². The second-order valence-electron chi connectivity index (χ2n) is 7.97. The van der Waals surface area contributed by atoms with Gasteiger partial charge >= 0.3 is 0 Å². The zero-order valence-corrected chi connectivity index (χ0v) is 17.7. The average molecular weight is 428 g/mol. The van der Waals surface area contributed by atoms with Crippen LogP contribution in [0, 0.1) is 0 Å². The number of aryl methyl sites for hydroxylation is 1. The van der Waals surface area contributed by atoms with Crippen LogP contribution in [0.25, 0.3) is 10.9 Å². The van der Waals surface area contributed by atoms with Crippen LogP contribution in [-0.2, 0) is 13.0 Å². The highest BCUT2D eigenvalue weighted by Crippen LogP contribution is 2.31. The number of benzene rings is 3. The minimum absolute atomic E-state index is 0.0617. The summed E-state index contributed by atoms with van der Waals surface area (Å²) in [5.41, 5.74) is 2.78. The Labute approximate surface area is 186 Å². The molecule has 0 saturated carbocycles. The first-order chi connectivity index (χ1) is 15.7. The van der Waals surface area contributed by atoms with Crippen molar-refractivity contribution >= 4 is 16.8 Å². The molecule has 32 heavy (non-hydrogen) atoms. The first-order valence-corrected chi connectivity index (χ1v) is 10.9. The summed E-state index contributed by atoms with van der Waals surface area (Å²) in [4.78, 5) is 12.6. The van der Waals surface area contributed by atoms with Crippen LogP contribution in [0.4, 0.5) is 0 Å². The van der Waals surface area contributed by atoms with Crippen LogP contribution in [0.5, 0.6) is 11.5 Å². The van der Waals surface area contributed by atoms with Crippen molar-refractivity contribution in [2.75, 3.05) is 13.2 Å². The van der Waals surface area contributed by atoms with Crippen molar-refractivity contribution in [3.63, 3.8) is 0 Å². The first kappa shape index (κ1) is 20.1. The fourth-order valence-corrected chi connectivity index (χ4v) is 3.91. The maximum Gasteiger partial charge on any atom is 0.251 e. The van der Waals surface area contributed by atoms with Gasteiger partial charge in [0.05, 0.1) is 12.1 Å². The molecule has 1 atom stereocenters. The van der Waals surface area contributed by atoms with E-state index < -0.39 is 0 Å². The topological polar surface area (TPSA) is 65.4 Å². The number of carbonyl (C=O) groups is 1. The van der Waals surface area contributed by atoms with Gasteiger partial charge in [-0.3, -0.25) is 9.48 Å². The van der Waals surface area contributed by atoms with E-state index in [2.05, 4.69) is 22.5 Å². The molecule has 6 heteroatoms. The van der Waals surface area contributed by atoms with E-state index in [4.69, 9.17) is 9.47 Å². The molecule has 1 N–H and O–H groups in total. The van der Waals surface area contributed by atoms with Crippen LogP contribution in [0.2, 0.25) is 0 Å². The standard InChI is InChI=1S/C26H25N3O3/c30-26(27-14-6-9-19-7-2-1-3-8-19)20-12-13-23-21(15-20)16-29(28-23)17-22-18-31-24-10-4-5-11-25(24)32-22/h1-5,7-8,10-13,15-16,22H,6,9,14,17-18H2,(H,27,30). The highest BCUT2D eigenvalue weighted by atomic mass is 16.6. The Bertz CT molecular complexity index is 1220. The van der Waals surface area contributed by atoms with Crippen molar-refractivity contribution in [1.29, 1.82) is 0 Å². The van der Waals surface area contributed by atoms with Crippen LogP contribution in [0.3, 0.4) is 0 Å². The van der Waals surface area contributed by atoms with E-state index in [1.165, 1.54) is 5.56 Å². The molecule has 0 spiro atoms. The second-order valence-corrected chi connectivity index (χ2v) is 7.97. The number of nitrogens with one attached hydrogen (secondary N) is 1. The first-order valence-electron chi connectivity index (χ1n) is 10.9. The lowest BCUT2D eigenvalue weighted by atomic mass is 10.1. The molecule has 1 aromatic heterocycles. The van der Waals surface area contributed by atoms with E-state index in [1.54, 1.807) is 0 Å². The molecule has 1 aliphatic rings. The maximum atomic E-state index is 12.6. The number of hydrogen-bond acceptors (Lipinski definition) is 4. The van der Waals surface area contributed by atoms with Gasteiger partial charge in [-0.05, 0) is 48.7 Å². The van der Waals surface area contributed by atoms with Gasteiger partial charge in [0, 0.05) is 23.7 Å². The Hall–Kier alpha value is -3.80. The molecule has 2 heterocycles. The lowest BCUT2D eigenvalue weighted by molar-refractivity contribution is 0.0760. The average Bonchev–Trinajstić information content (AvgIpc) is 3.23. The van der Waals surface area contributed by atoms with Gasteiger partial charge in [-0.25, -0.2) is 0 Å². The van der Waals surface area contributed by atoms with Crippen molar-refractivity contribution in [2.45, 2.75) is 25.5 Å². The fourth-order valence-electron chi connectivity index (χ4n) is 3.91. The maximum absolute atomic E-state index is 12.6. The molecule has 6 nitrogen and oxygen atoms in total. The van der Waals surface area contributed by atoms with Crippen molar-refractivity contribution in [2.24, 2.45) is 0 Å². The van der Waals surface area contributed by atoms with Gasteiger partial charge in [-0.2, -0.15) is 5.10 Å². The van der Waals surface area contributed by atoms with Crippen molar-refractivity contribution in [1.82, 2.24) is 15.1 Å². The molecule has 3 aromatic carbocycles.